The van der Waals surface area contributed by atoms with Crippen LogP contribution in [0.1, 0.15) is 26.2 Å². The van der Waals surface area contributed by atoms with Crippen molar-refractivity contribution in [2.24, 2.45) is 0 Å². The van der Waals surface area contributed by atoms with Crippen molar-refractivity contribution in [2.45, 2.75) is 26.2 Å². The third kappa shape index (κ3) is 5.69. The lowest BCUT2D eigenvalue weighted by Crippen LogP contribution is -2.21. The number of halogens is 2. The minimum absolute atomic E-state index is 0.0548. The summed E-state index contributed by atoms with van der Waals surface area (Å²) in [6, 6.07) is 3.00. The first-order valence-corrected chi connectivity index (χ1v) is 8.57. The van der Waals surface area contributed by atoms with Gasteiger partial charge in [-0.15, -0.1) is 0 Å². The second-order valence-corrected chi connectivity index (χ2v) is 6.79. The van der Waals surface area contributed by atoms with E-state index in [-0.39, 0.29) is 21.7 Å². The van der Waals surface area contributed by atoms with Gasteiger partial charge in [0.2, 0.25) is 5.91 Å². The maximum atomic E-state index is 11.8. The smallest absolute Gasteiger partial charge is 0.237 e. The molecule has 4 nitrogen and oxygen atoms in total. The molecule has 0 aliphatic carbocycles. The van der Waals surface area contributed by atoms with Crippen molar-refractivity contribution in [3.8, 4) is 0 Å². The third-order valence-electron chi connectivity index (χ3n) is 2.60. The molecule has 112 valence electrons. The number of carbonyl (C=O) groups excluding carboxylic acids is 1. The van der Waals surface area contributed by atoms with Crippen LogP contribution in [0.15, 0.2) is 12.1 Å². The van der Waals surface area contributed by atoms with Crippen LogP contribution in [-0.4, -0.2) is 21.6 Å². The zero-order valence-electron chi connectivity index (χ0n) is 11.2. The van der Waals surface area contributed by atoms with Crippen molar-refractivity contribution in [3.63, 3.8) is 0 Å². The van der Waals surface area contributed by atoms with Crippen LogP contribution >= 0.6 is 23.2 Å². The first-order chi connectivity index (χ1) is 9.43. The number of carbonyl (C=O) groups is 1. The maximum absolute atomic E-state index is 11.8. The van der Waals surface area contributed by atoms with E-state index in [4.69, 9.17) is 28.9 Å². The van der Waals surface area contributed by atoms with Crippen LogP contribution in [0.5, 0.6) is 0 Å². The van der Waals surface area contributed by atoms with Gasteiger partial charge in [-0.3, -0.25) is 9.00 Å². The number of unbranched alkanes of at least 4 members (excludes halogenated alkanes) is 2. The molecule has 0 fully saturated rings. The lowest BCUT2D eigenvalue weighted by Gasteiger charge is -2.10. The van der Waals surface area contributed by atoms with Gasteiger partial charge in [0.25, 0.3) is 0 Å². The van der Waals surface area contributed by atoms with E-state index in [1.54, 1.807) is 0 Å². The SMILES string of the molecule is CCCCCS(=O)CC(=O)Nc1c(Cl)cc(N)cc1Cl. The van der Waals surface area contributed by atoms with Gasteiger partial charge in [0.15, 0.2) is 0 Å². The van der Waals surface area contributed by atoms with Crippen molar-refractivity contribution < 1.29 is 9.00 Å². The topological polar surface area (TPSA) is 72.2 Å². The highest BCUT2D eigenvalue weighted by Gasteiger charge is 2.13. The quantitative estimate of drug-likeness (QED) is 0.591. The van der Waals surface area contributed by atoms with Gasteiger partial charge in [0.05, 0.1) is 15.7 Å². The van der Waals surface area contributed by atoms with Crippen LogP contribution in [0.25, 0.3) is 0 Å². The summed E-state index contributed by atoms with van der Waals surface area (Å²) in [6.45, 7) is 2.07. The molecule has 0 radical (unpaired) electrons. The third-order valence-corrected chi connectivity index (χ3v) is 4.52. The Bertz CT molecular complexity index is 486. The summed E-state index contributed by atoms with van der Waals surface area (Å²) >= 11 is 11.9. The number of hydrogen-bond acceptors (Lipinski definition) is 3. The Balaban J connectivity index is 2.57. The Morgan fingerprint density at radius 2 is 1.90 bits per heavy atom. The van der Waals surface area contributed by atoms with Crippen LogP contribution in [0.4, 0.5) is 11.4 Å². The molecule has 0 saturated carbocycles. The molecule has 20 heavy (non-hydrogen) atoms. The van der Waals surface area contributed by atoms with Gasteiger partial charge in [-0.2, -0.15) is 0 Å². The fraction of sp³-hybridized carbons (Fsp3) is 0.462. The van der Waals surface area contributed by atoms with Crippen LogP contribution in [-0.2, 0) is 15.6 Å². The lowest BCUT2D eigenvalue weighted by molar-refractivity contribution is -0.113. The summed E-state index contributed by atoms with van der Waals surface area (Å²) in [5, 5.41) is 3.10. The van der Waals surface area contributed by atoms with Crippen molar-refractivity contribution in [1.29, 1.82) is 0 Å². The molecule has 1 aromatic carbocycles. The summed E-state index contributed by atoms with van der Waals surface area (Å²) < 4.78 is 11.7. The second-order valence-electron chi connectivity index (χ2n) is 4.40. The molecule has 0 heterocycles. The van der Waals surface area contributed by atoms with E-state index in [1.807, 2.05) is 0 Å². The first-order valence-electron chi connectivity index (χ1n) is 6.33. The Hall–Kier alpha value is -0.780. The van der Waals surface area contributed by atoms with Crippen molar-refractivity contribution in [3.05, 3.63) is 22.2 Å². The molecule has 0 saturated heterocycles. The number of anilines is 2. The van der Waals surface area contributed by atoms with E-state index in [2.05, 4.69) is 12.2 Å². The molecule has 1 aromatic rings. The number of benzene rings is 1. The van der Waals surface area contributed by atoms with Crippen LogP contribution in [0.3, 0.4) is 0 Å². The van der Waals surface area contributed by atoms with Crippen molar-refractivity contribution >= 4 is 51.3 Å². The molecule has 0 bridgehead atoms. The average Bonchev–Trinajstić information content (AvgIpc) is 2.34. The normalized spacial score (nSPS) is 12.2. The Morgan fingerprint density at radius 3 is 2.45 bits per heavy atom. The fourth-order valence-electron chi connectivity index (χ4n) is 1.62. The number of hydrogen-bond donors (Lipinski definition) is 2. The Morgan fingerprint density at radius 1 is 1.30 bits per heavy atom. The van der Waals surface area contributed by atoms with Gasteiger partial charge in [-0.25, -0.2) is 0 Å². The monoisotopic (exact) mass is 336 g/mol. The number of nitrogen functional groups attached to an aromatic ring is 1. The van der Waals surface area contributed by atoms with Crippen LogP contribution < -0.4 is 11.1 Å². The molecule has 1 unspecified atom stereocenters. The average molecular weight is 337 g/mol. The molecule has 7 heteroatoms. The van der Waals surface area contributed by atoms with Crippen LogP contribution in [0.2, 0.25) is 10.0 Å². The second kappa shape index (κ2) is 8.49. The zero-order chi connectivity index (χ0) is 15.1. The largest absolute Gasteiger partial charge is 0.399 e. The number of amides is 1. The predicted octanol–water partition coefficient (Wildman–Crippen LogP) is 3.45. The zero-order valence-corrected chi connectivity index (χ0v) is 13.6. The van der Waals surface area contributed by atoms with Gasteiger partial charge < -0.3 is 11.1 Å². The molecule has 0 aliphatic heterocycles. The molecule has 1 atom stereocenters. The maximum Gasteiger partial charge on any atom is 0.237 e. The van der Waals surface area contributed by atoms with Gasteiger partial charge in [0, 0.05) is 22.2 Å². The highest BCUT2D eigenvalue weighted by molar-refractivity contribution is 7.85. The minimum Gasteiger partial charge on any atom is -0.399 e. The van der Waals surface area contributed by atoms with Gasteiger partial charge in [-0.05, 0) is 18.6 Å². The summed E-state index contributed by atoms with van der Waals surface area (Å²) in [7, 11) is -1.17. The van der Waals surface area contributed by atoms with Crippen molar-refractivity contribution in [2.75, 3.05) is 22.6 Å². The molecule has 1 amide bonds. The molecule has 0 spiro atoms. The first kappa shape index (κ1) is 17.3. The summed E-state index contributed by atoms with van der Waals surface area (Å²) in [4.78, 5) is 11.8. The standard InChI is InChI=1S/C13H18Cl2N2O2S/c1-2-3-4-5-20(19)8-12(18)17-13-10(14)6-9(16)7-11(13)15/h6-7H,2-5,8,16H2,1H3,(H,17,18). The fourth-order valence-corrected chi connectivity index (χ4v) is 3.25. The van der Waals surface area contributed by atoms with E-state index in [9.17, 15) is 9.00 Å². The van der Waals surface area contributed by atoms with Crippen LogP contribution in [0, 0.1) is 0 Å². The van der Waals surface area contributed by atoms with E-state index < -0.39 is 10.8 Å². The summed E-state index contributed by atoms with van der Waals surface area (Å²) in [6.07, 6.45) is 2.93. The number of rotatable bonds is 7. The van der Waals surface area contributed by atoms with Gasteiger partial charge in [0.1, 0.15) is 5.75 Å². The summed E-state index contributed by atoms with van der Waals surface area (Å²) in [5.74, 6) is 0.110. The Kier molecular flexibility index (Phi) is 7.34. The number of nitrogens with two attached hydrogens (primary N) is 1. The number of nitrogens with one attached hydrogen (secondary N) is 1. The van der Waals surface area contributed by atoms with Crippen molar-refractivity contribution in [1.82, 2.24) is 0 Å². The Labute approximate surface area is 131 Å². The summed E-state index contributed by atoms with van der Waals surface area (Å²) in [5.41, 5.74) is 6.30. The molecule has 3 N–H and O–H groups in total. The molecular weight excluding hydrogens is 319 g/mol. The molecule has 0 aliphatic rings. The molecular formula is C13H18Cl2N2O2S. The highest BCUT2D eigenvalue weighted by atomic mass is 35.5. The van der Waals surface area contributed by atoms with Gasteiger partial charge >= 0.3 is 0 Å². The molecule has 1 rings (SSSR count). The minimum atomic E-state index is -1.17. The van der Waals surface area contributed by atoms with E-state index in [0.717, 1.165) is 19.3 Å². The van der Waals surface area contributed by atoms with Gasteiger partial charge in [-0.1, -0.05) is 43.0 Å². The highest BCUT2D eigenvalue weighted by Crippen LogP contribution is 2.32. The lowest BCUT2D eigenvalue weighted by atomic mass is 10.3. The van der Waals surface area contributed by atoms with E-state index >= 15 is 0 Å². The predicted molar refractivity (Wildman–Crippen MR) is 86.9 cm³/mol. The molecule has 0 aromatic heterocycles. The van der Waals surface area contributed by atoms with E-state index in [1.165, 1.54) is 12.1 Å². The van der Waals surface area contributed by atoms with E-state index in [0.29, 0.717) is 17.1 Å².